The molecule has 0 aromatic heterocycles. The van der Waals surface area contributed by atoms with Gasteiger partial charge in [0.25, 0.3) is 0 Å². The minimum atomic E-state index is -0.0517. The molecule has 72 valence electrons. The molecule has 0 atom stereocenters. The Hall–Kier alpha value is -0.920. The van der Waals surface area contributed by atoms with Crippen LogP contribution in [0.15, 0.2) is 12.2 Å². The molecule has 0 unspecified atom stereocenters. The van der Waals surface area contributed by atoms with E-state index >= 15 is 0 Å². The smallest absolute Gasteiger partial charge is 0.158 e. The fraction of sp³-hybridized carbons (Fsp3) is 0.636. The zero-order valence-electron chi connectivity index (χ0n) is 8.08. The standard InChI is InChI=1S/C11H16O2/c1-9(12)7-8-11(13)10-5-3-2-4-6-10/h7-8,10H,2-6H2,1H3/b8-7+. The molecule has 0 bridgehead atoms. The lowest BCUT2D eigenvalue weighted by Crippen LogP contribution is -2.15. The van der Waals surface area contributed by atoms with Gasteiger partial charge < -0.3 is 0 Å². The van der Waals surface area contributed by atoms with Gasteiger partial charge in [-0.2, -0.15) is 0 Å². The molecule has 1 saturated carbocycles. The number of hydrogen-bond acceptors (Lipinski definition) is 2. The lowest BCUT2D eigenvalue weighted by atomic mass is 9.86. The predicted molar refractivity (Wildman–Crippen MR) is 51.4 cm³/mol. The van der Waals surface area contributed by atoms with E-state index < -0.39 is 0 Å². The molecule has 0 spiro atoms. The first-order valence-electron chi connectivity index (χ1n) is 4.92. The van der Waals surface area contributed by atoms with E-state index in [1.54, 1.807) is 0 Å². The normalized spacial score (nSPS) is 19.2. The van der Waals surface area contributed by atoms with Crippen molar-refractivity contribution in [3.63, 3.8) is 0 Å². The lowest BCUT2D eigenvalue weighted by molar-refractivity contribution is -0.119. The van der Waals surface area contributed by atoms with Crippen LogP contribution < -0.4 is 0 Å². The second-order valence-electron chi connectivity index (χ2n) is 3.68. The van der Waals surface area contributed by atoms with Crippen molar-refractivity contribution in [2.24, 2.45) is 5.92 Å². The molecular formula is C11H16O2. The average molecular weight is 180 g/mol. The van der Waals surface area contributed by atoms with E-state index in [0.717, 1.165) is 25.7 Å². The third-order valence-corrected chi connectivity index (χ3v) is 2.49. The van der Waals surface area contributed by atoms with Crippen LogP contribution in [0.1, 0.15) is 39.0 Å². The molecule has 0 heterocycles. The zero-order chi connectivity index (χ0) is 9.68. The minimum Gasteiger partial charge on any atom is -0.295 e. The third kappa shape index (κ3) is 3.53. The van der Waals surface area contributed by atoms with Crippen molar-refractivity contribution in [2.75, 3.05) is 0 Å². The highest BCUT2D eigenvalue weighted by molar-refractivity contribution is 5.98. The molecule has 2 nitrogen and oxygen atoms in total. The summed E-state index contributed by atoms with van der Waals surface area (Å²) in [4.78, 5) is 22.1. The largest absolute Gasteiger partial charge is 0.295 e. The Morgan fingerprint density at radius 2 is 1.69 bits per heavy atom. The van der Waals surface area contributed by atoms with Crippen molar-refractivity contribution in [3.8, 4) is 0 Å². The molecule has 1 aliphatic carbocycles. The number of allylic oxidation sites excluding steroid dienone is 2. The maximum atomic E-state index is 11.5. The molecule has 1 aliphatic rings. The monoisotopic (exact) mass is 180 g/mol. The van der Waals surface area contributed by atoms with E-state index in [9.17, 15) is 9.59 Å². The van der Waals surface area contributed by atoms with Gasteiger partial charge >= 0.3 is 0 Å². The van der Waals surface area contributed by atoms with Gasteiger partial charge in [0.2, 0.25) is 0 Å². The zero-order valence-corrected chi connectivity index (χ0v) is 8.08. The SMILES string of the molecule is CC(=O)/C=C/C(=O)C1CCCCC1. The number of carbonyl (C=O) groups is 2. The summed E-state index contributed by atoms with van der Waals surface area (Å²) >= 11 is 0. The fourth-order valence-electron chi connectivity index (χ4n) is 1.72. The molecule has 0 N–H and O–H groups in total. The molecular weight excluding hydrogens is 164 g/mol. The van der Waals surface area contributed by atoms with E-state index in [2.05, 4.69) is 0 Å². The van der Waals surface area contributed by atoms with Crippen LogP contribution in [-0.2, 0) is 9.59 Å². The molecule has 2 heteroatoms. The second-order valence-corrected chi connectivity index (χ2v) is 3.68. The Morgan fingerprint density at radius 3 is 2.23 bits per heavy atom. The molecule has 0 amide bonds. The van der Waals surface area contributed by atoms with Gasteiger partial charge in [0, 0.05) is 5.92 Å². The molecule has 1 rings (SSSR count). The Kier molecular flexibility index (Phi) is 3.87. The molecule has 0 aromatic carbocycles. The summed E-state index contributed by atoms with van der Waals surface area (Å²) < 4.78 is 0. The number of ketones is 2. The highest BCUT2D eigenvalue weighted by Gasteiger charge is 2.18. The van der Waals surface area contributed by atoms with Crippen LogP contribution in [0.5, 0.6) is 0 Å². The van der Waals surface area contributed by atoms with E-state index in [4.69, 9.17) is 0 Å². The Bertz CT molecular complexity index is 222. The van der Waals surface area contributed by atoms with Crippen LogP contribution >= 0.6 is 0 Å². The van der Waals surface area contributed by atoms with Crippen LogP contribution in [0.2, 0.25) is 0 Å². The van der Waals surface area contributed by atoms with Crippen molar-refractivity contribution in [1.82, 2.24) is 0 Å². The minimum absolute atomic E-state index is 0.0517. The van der Waals surface area contributed by atoms with Crippen molar-refractivity contribution in [2.45, 2.75) is 39.0 Å². The average Bonchev–Trinajstić information content (AvgIpc) is 2.15. The maximum Gasteiger partial charge on any atom is 0.158 e. The van der Waals surface area contributed by atoms with Gasteiger partial charge in [0.1, 0.15) is 0 Å². The summed E-state index contributed by atoms with van der Waals surface area (Å²) in [5.74, 6) is 0.267. The van der Waals surface area contributed by atoms with Crippen LogP contribution in [0, 0.1) is 5.92 Å². The molecule has 1 fully saturated rings. The number of rotatable bonds is 3. The molecule has 13 heavy (non-hydrogen) atoms. The van der Waals surface area contributed by atoms with Gasteiger partial charge in [-0.25, -0.2) is 0 Å². The van der Waals surface area contributed by atoms with Crippen LogP contribution in [-0.4, -0.2) is 11.6 Å². The van der Waals surface area contributed by atoms with Crippen LogP contribution in [0.3, 0.4) is 0 Å². The Labute approximate surface area is 79.0 Å². The summed E-state index contributed by atoms with van der Waals surface area (Å²) in [7, 11) is 0. The highest BCUT2D eigenvalue weighted by atomic mass is 16.1. The quantitative estimate of drug-likeness (QED) is 0.624. The lowest BCUT2D eigenvalue weighted by Gasteiger charge is -2.18. The van der Waals surface area contributed by atoms with Gasteiger partial charge in [-0.15, -0.1) is 0 Å². The highest BCUT2D eigenvalue weighted by Crippen LogP contribution is 2.24. The first kappa shape index (κ1) is 10.2. The van der Waals surface area contributed by atoms with Gasteiger partial charge in [-0.05, 0) is 31.9 Å². The second kappa shape index (κ2) is 4.95. The Balaban J connectivity index is 2.41. The Morgan fingerprint density at radius 1 is 1.08 bits per heavy atom. The first-order chi connectivity index (χ1) is 6.20. The first-order valence-corrected chi connectivity index (χ1v) is 4.92. The van der Waals surface area contributed by atoms with E-state index in [1.165, 1.54) is 25.5 Å². The van der Waals surface area contributed by atoms with Crippen molar-refractivity contribution in [1.29, 1.82) is 0 Å². The third-order valence-electron chi connectivity index (χ3n) is 2.49. The van der Waals surface area contributed by atoms with Crippen molar-refractivity contribution < 1.29 is 9.59 Å². The van der Waals surface area contributed by atoms with E-state index in [1.807, 2.05) is 0 Å². The number of hydrogen-bond donors (Lipinski definition) is 0. The van der Waals surface area contributed by atoms with Crippen molar-refractivity contribution >= 4 is 11.6 Å². The maximum absolute atomic E-state index is 11.5. The van der Waals surface area contributed by atoms with Gasteiger partial charge in [0.15, 0.2) is 11.6 Å². The van der Waals surface area contributed by atoms with Gasteiger partial charge in [0.05, 0.1) is 0 Å². The summed E-state index contributed by atoms with van der Waals surface area (Å²) in [5, 5.41) is 0. The molecule has 0 radical (unpaired) electrons. The predicted octanol–water partition coefficient (Wildman–Crippen LogP) is 2.28. The summed E-state index contributed by atoms with van der Waals surface area (Å²) in [6.07, 6.45) is 8.38. The summed E-state index contributed by atoms with van der Waals surface area (Å²) in [6, 6.07) is 0. The van der Waals surface area contributed by atoms with Crippen LogP contribution in [0.25, 0.3) is 0 Å². The van der Waals surface area contributed by atoms with Crippen LogP contribution in [0.4, 0.5) is 0 Å². The van der Waals surface area contributed by atoms with E-state index in [-0.39, 0.29) is 17.5 Å². The van der Waals surface area contributed by atoms with E-state index in [0.29, 0.717) is 0 Å². The van der Waals surface area contributed by atoms with Gasteiger partial charge in [-0.1, -0.05) is 19.3 Å². The molecule has 0 aromatic rings. The molecule has 0 aliphatic heterocycles. The summed E-state index contributed by atoms with van der Waals surface area (Å²) in [6.45, 7) is 1.46. The van der Waals surface area contributed by atoms with Crippen molar-refractivity contribution in [3.05, 3.63) is 12.2 Å². The fourth-order valence-corrected chi connectivity index (χ4v) is 1.72. The summed E-state index contributed by atoms with van der Waals surface area (Å²) in [5.41, 5.74) is 0. The van der Waals surface area contributed by atoms with Gasteiger partial charge in [-0.3, -0.25) is 9.59 Å². The number of carbonyl (C=O) groups excluding carboxylic acids is 2. The molecule has 0 saturated heterocycles. The topological polar surface area (TPSA) is 34.1 Å².